The lowest BCUT2D eigenvalue weighted by atomic mass is 10.3. The molecular formula is C7H8F2N2O. The second kappa shape index (κ2) is 2.26. The summed E-state index contributed by atoms with van der Waals surface area (Å²) in [7, 11) is 0. The Morgan fingerprint density at radius 1 is 1.58 bits per heavy atom. The number of rotatable bonds is 2. The van der Waals surface area contributed by atoms with Crippen LogP contribution in [0.5, 0.6) is 0 Å². The third kappa shape index (κ3) is 1.10. The van der Waals surface area contributed by atoms with Gasteiger partial charge in [-0.25, -0.2) is 13.8 Å². The number of alkyl halides is 2. The van der Waals surface area contributed by atoms with E-state index in [1.807, 2.05) is 0 Å². The molecule has 0 aromatic carbocycles. The highest BCUT2D eigenvalue weighted by atomic mass is 19.3. The van der Waals surface area contributed by atoms with Crippen molar-refractivity contribution in [3.05, 3.63) is 17.8 Å². The van der Waals surface area contributed by atoms with Crippen molar-refractivity contribution in [1.82, 2.24) is 4.98 Å². The molecule has 66 valence electrons. The van der Waals surface area contributed by atoms with Gasteiger partial charge in [0, 0.05) is 0 Å². The van der Waals surface area contributed by atoms with E-state index in [9.17, 15) is 8.78 Å². The molecule has 0 atom stereocenters. The van der Waals surface area contributed by atoms with Gasteiger partial charge in [-0.05, 0) is 12.8 Å². The molecule has 1 heterocycles. The number of nitrogens with zero attached hydrogens (tertiary/aromatic N) is 1. The summed E-state index contributed by atoms with van der Waals surface area (Å²) >= 11 is 0. The van der Waals surface area contributed by atoms with Crippen LogP contribution in [0.3, 0.4) is 0 Å². The van der Waals surface area contributed by atoms with Gasteiger partial charge in [0.15, 0.2) is 0 Å². The maximum Gasteiger partial charge on any atom is 0.283 e. The third-order valence-electron chi connectivity index (χ3n) is 1.96. The molecule has 5 heteroatoms. The summed E-state index contributed by atoms with van der Waals surface area (Å²) in [6.45, 7) is 0. The highest BCUT2D eigenvalue weighted by Crippen LogP contribution is 2.42. The Labute approximate surface area is 67.6 Å². The van der Waals surface area contributed by atoms with E-state index < -0.39 is 12.0 Å². The minimum Gasteiger partial charge on any atom is -0.446 e. The van der Waals surface area contributed by atoms with Crippen LogP contribution in [0.2, 0.25) is 0 Å². The molecule has 0 spiro atoms. The second-order valence-electron chi connectivity index (χ2n) is 3.03. The number of hydrogen-bond acceptors (Lipinski definition) is 3. The monoisotopic (exact) mass is 174 g/mol. The summed E-state index contributed by atoms with van der Waals surface area (Å²) in [5.74, 6) is 0.234. The molecule has 12 heavy (non-hydrogen) atoms. The van der Waals surface area contributed by atoms with Crippen molar-refractivity contribution in [3.8, 4) is 0 Å². The molecule has 0 amide bonds. The number of hydrogen-bond donors (Lipinski definition) is 1. The summed E-state index contributed by atoms with van der Waals surface area (Å²) in [6.07, 6.45) is -0.0934. The Hall–Kier alpha value is -0.970. The smallest absolute Gasteiger partial charge is 0.283 e. The zero-order valence-electron chi connectivity index (χ0n) is 6.26. The Balaban J connectivity index is 2.25. The van der Waals surface area contributed by atoms with Gasteiger partial charge >= 0.3 is 0 Å². The van der Waals surface area contributed by atoms with Crippen molar-refractivity contribution >= 4 is 0 Å². The number of halogens is 2. The zero-order valence-corrected chi connectivity index (χ0v) is 6.26. The van der Waals surface area contributed by atoms with E-state index in [2.05, 4.69) is 4.98 Å². The highest BCUT2D eigenvalue weighted by molar-refractivity contribution is 5.14. The minimum absolute atomic E-state index is 0.234. The van der Waals surface area contributed by atoms with E-state index in [0.29, 0.717) is 0 Å². The minimum atomic E-state index is -2.58. The lowest BCUT2D eigenvalue weighted by molar-refractivity contribution is 0.146. The fraction of sp³-hybridized carbons (Fsp3) is 0.571. The summed E-state index contributed by atoms with van der Waals surface area (Å²) in [6, 6.07) is 0. The van der Waals surface area contributed by atoms with Crippen LogP contribution in [0, 0.1) is 0 Å². The number of oxazole rings is 1. The molecule has 0 aliphatic heterocycles. The standard InChI is InChI=1S/C7H8F2N2O/c8-5(9)4-3-12-6(11-4)7(10)1-2-7/h3,5H,1-2,10H2. The number of nitrogens with two attached hydrogens (primary N) is 1. The van der Waals surface area contributed by atoms with Gasteiger partial charge in [-0.15, -0.1) is 0 Å². The van der Waals surface area contributed by atoms with Crippen molar-refractivity contribution in [3.63, 3.8) is 0 Å². The summed E-state index contributed by atoms with van der Waals surface area (Å²) in [4.78, 5) is 3.60. The molecule has 0 radical (unpaired) electrons. The first-order valence-electron chi connectivity index (χ1n) is 3.65. The van der Waals surface area contributed by atoms with E-state index in [-0.39, 0.29) is 11.6 Å². The maximum atomic E-state index is 12.0. The van der Waals surface area contributed by atoms with Crippen molar-refractivity contribution < 1.29 is 13.2 Å². The molecule has 1 fully saturated rings. The molecule has 0 unspecified atom stereocenters. The molecule has 0 bridgehead atoms. The average Bonchev–Trinajstić information content (AvgIpc) is 2.61. The second-order valence-corrected chi connectivity index (χ2v) is 3.03. The SMILES string of the molecule is NC1(c2nc(C(F)F)co2)CC1. The molecule has 3 nitrogen and oxygen atoms in total. The molecule has 1 aliphatic rings. The van der Waals surface area contributed by atoms with Gasteiger partial charge in [-0.1, -0.05) is 0 Å². The number of aromatic nitrogens is 1. The van der Waals surface area contributed by atoms with E-state index >= 15 is 0 Å². The van der Waals surface area contributed by atoms with Gasteiger partial charge < -0.3 is 10.2 Å². The molecule has 2 rings (SSSR count). The first kappa shape index (κ1) is 7.67. The zero-order chi connectivity index (χ0) is 8.77. The Bertz CT molecular complexity index is 293. The van der Waals surface area contributed by atoms with Gasteiger partial charge in [0.25, 0.3) is 6.43 Å². The Morgan fingerprint density at radius 3 is 2.67 bits per heavy atom. The first-order valence-corrected chi connectivity index (χ1v) is 3.65. The molecular weight excluding hydrogens is 166 g/mol. The van der Waals surface area contributed by atoms with Gasteiger partial charge in [0.2, 0.25) is 5.89 Å². The van der Waals surface area contributed by atoms with E-state index in [4.69, 9.17) is 10.2 Å². The van der Waals surface area contributed by atoms with Crippen molar-refractivity contribution in [2.45, 2.75) is 24.8 Å². The fourth-order valence-corrected chi connectivity index (χ4v) is 0.964. The molecule has 0 saturated heterocycles. The van der Waals surface area contributed by atoms with E-state index in [0.717, 1.165) is 19.1 Å². The molecule has 1 aromatic heterocycles. The third-order valence-corrected chi connectivity index (χ3v) is 1.96. The molecule has 1 aliphatic carbocycles. The Morgan fingerprint density at radius 2 is 2.25 bits per heavy atom. The fourth-order valence-electron chi connectivity index (χ4n) is 0.964. The van der Waals surface area contributed by atoms with Crippen molar-refractivity contribution in [2.75, 3.05) is 0 Å². The normalized spacial score (nSPS) is 20.0. The quantitative estimate of drug-likeness (QED) is 0.740. The largest absolute Gasteiger partial charge is 0.446 e. The average molecular weight is 174 g/mol. The summed E-state index contributed by atoms with van der Waals surface area (Å²) in [5.41, 5.74) is 4.79. The van der Waals surface area contributed by atoms with Gasteiger partial charge in [0.05, 0.1) is 5.54 Å². The summed E-state index contributed by atoms with van der Waals surface area (Å²) < 4.78 is 28.9. The van der Waals surface area contributed by atoms with Crippen LogP contribution in [0.25, 0.3) is 0 Å². The van der Waals surface area contributed by atoms with Gasteiger partial charge in [-0.3, -0.25) is 0 Å². The van der Waals surface area contributed by atoms with Gasteiger partial charge in [0.1, 0.15) is 12.0 Å². The molecule has 1 aromatic rings. The molecule has 1 saturated carbocycles. The lowest BCUT2D eigenvalue weighted by Crippen LogP contribution is -2.19. The van der Waals surface area contributed by atoms with Crippen molar-refractivity contribution in [1.29, 1.82) is 0 Å². The Kier molecular flexibility index (Phi) is 1.44. The van der Waals surface area contributed by atoms with E-state index in [1.165, 1.54) is 0 Å². The van der Waals surface area contributed by atoms with Crippen LogP contribution in [0.1, 0.15) is 30.9 Å². The highest BCUT2D eigenvalue weighted by Gasteiger charge is 2.45. The van der Waals surface area contributed by atoms with Gasteiger partial charge in [-0.2, -0.15) is 0 Å². The molecule has 2 N–H and O–H groups in total. The van der Waals surface area contributed by atoms with Crippen LogP contribution in [-0.4, -0.2) is 4.98 Å². The van der Waals surface area contributed by atoms with Crippen LogP contribution < -0.4 is 5.73 Å². The van der Waals surface area contributed by atoms with Crippen LogP contribution >= 0.6 is 0 Å². The lowest BCUT2D eigenvalue weighted by Gasteiger charge is -1.99. The van der Waals surface area contributed by atoms with Crippen molar-refractivity contribution in [2.24, 2.45) is 5.73 Å². The van der Waals surface area contributed by atoms with E-state index in [1.54, 1.807) is 0 Å². The van der Waals surface area contributed by atoms with Crippen LogP contribution in [0.4, 0.5) is 8.78 Å². The first-order chi connectivity index (χ1) is 5.62. The van der Waals surface area contributed by atoms with Crippen LogP contribution in [-0.2, 0) is 5.54 Å². The maximum absolute atomic E-state index is 12.0. The predicted molar refractivity (Wildman–Crippen MR) is 36.6 cm³/mol. The summed E-state index contributed by atoms with van der Waals surface area (Å²) in [5, 5.41) is 0. The topological polar surface area (TPSA) is 52.0 Å². The van der Waals surface area contributed by atoms with Crippen LogP contribution in [0.15, 0.2) is 10.7 Å². The predicted octanol–water partition coefficient (Wildman–Crippen LogP) is 1.56.